The second kappa shape index (κ2) is 21.2. The van der Waals surface area contributed by atoms with Gasteiger partial charge in [-0.2, -0.15) is 0 Å². The maximum absolute atomic E-state index is 9.75. The number of benzene rings is 4. The van der Waals surface area contributed by atoms with Crippen molar-refractivity contribution in [2.45, 2.75) is 74.0 Å². The predicted molar refractivity (Wildman–Crippen MR) is 206 cm³/mol. The zero-order valence-corrected chi connectivity index (χ0v) is 32.0. The summed E-state index contributed by atoms with van der Waals surface area (Å²) in [5.74, 6) is 0. The van der Waals surface area contributed by atoms with E-state index in [2.05, 4.69) is 146 Å². The summed E-state index contributed by atoms with van der Waals surface area (Å²) in [5, 5.41) is 0. The second-order valence-corrected chi connectivity index (χ2v) is 18.4. The first kappa shape index (κ1) is 40.4. The Morgan fingerprint density at radius 3 is 0.800 bits per heavy atom. The van der Waals surface area contributed by atoms with Gasteiger partial charge in [-0.3, -0.25) is 0 Å². The first-order valence-electron chi connectivity index (χ1n) is 17.8. The van der Waals surface area contributed by atoms with Crippen LogP contribution in [-0.2, 0) is 19.5 Å². The standard InChI is InChI=1S/C34H36P2.C8H12.BF4.Rh/c1-5-13-27(14-6-1)31-21-22-32(28-15-7-2-8-16-28)35(31)25-26-36-33(29-17-9-3-10-18-29)23-24-34(36)30-19-11-4-12-20-30;1-2-4-6-8-7-5-3-1;2-1(3,4)5;/h1-20,31-34H,21-26H2;1-2,7-8H,3-6H2;;/q;;-1;/b;2-1-,8-7-;;/t31-,32-,33-,34-;;;/m0.../s1. The average molecular weight is 805 g/mol. The van der Waals surface area contributed by atoms with Crippen molar-refractivity contribution >= 4 is 23.1 Å². The fraction of sp³-hybridized carbons (Fsp3) is 0.333. The Bertz CT molecular complexity index is 1330. The molecule has 267 valence electrons. The van der Waals surface area contributed by atoms with Crippen molar-refractivity contribution in [2.75, 3.05) is 12.3 Å². The minimum Gasteiger partial charge on any atom is -0.418 e. The van der Waals surface area contributed by atoms with Gasteiger partial charge in [0.05, 0.1) is 0 Å². The van der Waals surface area contributed by atoms with Crippen LogP contribution >= 0.6 is 15.8 Å². The molecule has 0 aromatic heterocycles. The maximum atomic E-state index is 9.75. The Morgan fingerprint density at radius 1 is 0.400 bits per heavy atom. The van der Waals surface area contributed by atoms with Crippen LogP contribution in [-0.4, -0.2) is 19.6 Å². The molecule has 2 fully saturated rings. The molecule has 3 aliphatic rings. The molecule has 8 heteroatoms. The number of allylic oxidation sites excluding steroid dienone is 4. The van der Waals surface area contributed by atoms with E-state index >= 15 is 0 Å². The van der Waals surface area contributed by atoms with Gasteiger partial charge >= 0.3 is 7.25 Å². The Balaban J connectivity index is 0.000000340. The van der Waals surface area contributed by atoms with Crippen LogP contribution < -0.4 is 0 Å². The molecule has 0 amide bonds. The summed E-state index contributed by atoms with van der Waals surface area (Å²) < 4.78 is 39.0. The van der Waals surface area contributed by atoms with Crippen molar-refractivity contribution < 1.29 is 36.7 Å². The van der Waals surface area contributed by atoms with Crippen LogP contribution in [0.2, 0.25) is 0 Å². The molecule has 4 atom stereocenters. The van der Waals surface area contributed by atoms with Crippen LogP contribution in [0.3, 0.4) is 0 Å². The SMILES string of the molecule is C1=C\CC/C=C\CC/1.F[B-](F)(F)F.[Rh].c1ccc([C@@H]2CC[C@@H](c3ccccc3)P2CCP2[C@H](c3ccccc3)CC[C@H]2c2ccccc2)cc1. The molecule has 50 heavy (non-hydrogen) atoms. The van der Waals surface area contributed by atoms with Crippen LogP contribution in [0.15, 0.2) is 146 Å². The minimum absolute atomic E-state index is 0. The summed E-state index contributed by atoms with van der Waals surface area (Å²) in [6, 6.07) is 45.8. The van der Waals surface area contributed by atoms with Gasteiger partial charge in [0.1, 0.15) is 0 Å². The molecular formula is C42H48BF4P2Rh-. The first-order chi connectivity index (χ1) is 23.9. The quantitative estimate of drug-likeness (QED) is 0.0756. The summed E-state index contributed by atoms with van der Waals surface area (Å²) in [7, 11) is -6.20. The van der Waals surface area contributed by atoms with Crippen LogP contribution in [0.1, 0.15) is 96.3 Å². The molecule has 0 unspecified atom stereocenters. The molecule has 0 N–H and O–H groups in total. The minimum atomic E-state index is -6.00. The van der Waals surface area contributed by atoms with Crippen molar-refractivity contribution in [3.05, 3.63) is 168 Å². The molecule has 2 heterocycles. The van der Waals surface area contributed by atoms with Gasteiger partial charge in [-0.05, 0) is 85.9 Å². The normalized spacial score (nSPS) is 23.5. The monoisotopic (exact) mass is 804 g/mol. The third-order valence-corrected chi connectivity index (χ3v) is 17.0. The van der Waals surface area contributed by atoms with E-state index in [1.54, 1.807) is 22.3 Å². The van der Waals surface area contributed by atoms with E-state index in [-0.39, 0.29) is 35.3 Å². The zero-order chi connectivity index (χ0) is 34.3. The Morgan fingerprint density at radius 2 is 0.600 bits per heavy atom. The molecule has 0 spiro atoms. The van der Waals surface area contributed by atoms with Crippen LogP contribution in [0, 0.1) is 0 Å². The molecule has 0 saturated carbocycles. The van der Waals surface area contributed by atoms with E-state index in [4.69, 9.17) is 0 Å². The fourth-order valence-electron chi connectivity index (χ4n) is 7.57. The third kappa shape index (κ3) is 12.7. The molecule has 1 aliphatic carbocycles. The number of rotatable bonds is 7. The molecule has 4 aromatic rings. The Hall–Kier alpha value is -2.37. The van der Waals surface area contributed by atoms with E-state index in [1.807, 2.05) is 0 Å². The number of halogens is 4. The largest absolute Gasteiger partial charge is 0.673 e. The summed E-state index contributed by atoms with van der Waals surface area (Å²) in [4.78, 5) is 0. The summed E-state index contributed by atoms with van der Waals surface area (Å²) in [5.41, 5.74) is 9.31. The fourth-order valence-corrected chi connectivity index (χ4v) is 15.7. The van der Waals surface area contributed by atoms with Gasteiger partial charge in [-0.1, -0.05) is 161 Å². The summed E-state index contributed by atoms with van der Waals surface area (Å²) in [6.45, 7) is 0. The third-order valence-electron chi connectivity index (χ3n) is 9.72. The first-order valence-corrected chi connectivity index (χ1v) is 21.1. The van der Waals surface area contributed by atoms with Crippen LogP contribution in [0.4, 0.5) is 17.3 Å². The Labute approximate surface area is 312 Å². The summed E-state index contributed by atoms with van der Waals surface area (Å²) >= 11 is 0. The van der Waals surface area contributed by atoms with E-state index in [1.165, 1.54) is 63.7 Å². The van der Waals surface area contributed by atoms with Crippen LogP contribution in [0.25, 0.3) is 0 Å². The van der Waals surface area contributed by atoms with Crippen molar-refractivity contribution in [1.82, 2.24) is 0 Å². The van der Waals surface area contributed by atoms with E-state index < -0.39 is 7.25 Å². The molecule has 0 nitrogen and oxygen atoms in total. The van der Waals surface area contributed by atoms with Crippen molar-refractivity contribution in [2.24, 2.45) is 0 Å². The Kier molecular flexibility index (Phi) is 17.2. The second-order valence-electron chi connectivity index (χ2n) is 12.9. The van der Waals surface area contributed by atoms with Gasteiger partial charge in [0.15, 0.2) is 0 Å². The van der Waals surface area contributed by atoms with Gasteiger partial charge in [0, 0.05) is 42.1 Å². The van der Waals surface area contributed by atoms with E-state index in [0.717, 1.165) is 22.6 Å². The summed E-state index contributed by atoms with van der Waals surface area (Å²) in [6.07, 6.45) is 22.2. The van der Waals surface area contributed by atoms with Crippen molar-refractivity contribution in [3.8, 4) is 0 Å². The van der Waals surface area contributed by atoms with Gasteiger partial charge in [-0.25, -0.2) is 0 Å². The van der Waals surface area contributed by atoms with Crippen LogP contribution in [0.5, 0.6) is 0 Å². The molecule has 4 aromatic carbocycles. The van der Waals surface area contributed by atoms with Gasteiger partial charge in [0.25, 0.3) is 0 Å². The smallest absolute Gasteiger partial charge is 0.418 e. The molecular weight excluding hydrogens is 756 g/mol. The topological polar surface area (TPSA) is 0 Å². The molecule has 1 radical (unpaired) electrons. The van der Waals surface area contributed by atoms with E-state index in [9.17, 15) is 17.3 Å². The van der Waals surface area contributed by atoms with Gasteiger partial charge in [-0.15, -0.1) is 0 Å². The molecule has 7 rings (SSSR count). The average Bonchev–Trinajstić information content (AvgIpc) is 3.73. The number of hydrogen-bond donors (Lipinski definition) is 0. The predicted octanol–water partition coefficient (Wildman–Crippen LogP) is 14.5. The zero-order valence-electron chi connectivity index (χ0n) is 28.6. The van der Waals surface area contributed by atoms with Gasteiger partial charge in [0.2, 0.25) is 0 Å². The van der Waals surface area contributed by atoms with Crippen molar-refractivity contribution in [3.63, 3.8) is 0 Å². The molecule has 2 saturated heterocycles. The number of hydrogen-bond acceptors (Lipinski definition) is 0. The van der Waals surface area contributed by atoms with E-state index in [0.29, 0.717) is 0 Å². The molecule has 2 aliphatic heterocycles. The van der Waals surface area contributed by atoms with Gasteiger partial charge < -0.3 is 17.3 Å². The molecule has 0 bridgehead atoms. The maximum Gasteiger partial charge on any atom is 0.673 e. The van der Waals surface area contributed by atoms with Crippen molar-refractivity contribution in [1.29, 1.82) is 0 Å².